The summed E-state index contributed by atoms with van der Waals surface area (Å²) < 4.78 is 6.59. The Kier molecular flexibility index (Phi) is 2.31. The van der Waals surface area contributed by atoms with Crippen LogP contribution >= 0.6 is 0 Å². The fourth-order valence-electron chi connectivity index (χ4n) is 8.16. The molecule has 3 unspecified atom stereocenters. The second-order valence-corrected chi connectivity index (χ2v) is 9.39. The standard InChI is InChI=1S/C26H24NO/c1-24-19-8-4-5-9-20(19)25(2)23-26(27(23,24)25,22-11-7-6-10-21(22)24)16-17-12-14-18(28-3)15-13-17/h4-15,23H,16H2,1-3H3/q+1/t23?,24?,25-,26+,27?/m0/s1. The highest BCUT2D eigenvalue weighted by Gasteiger charge is 3.15. The maximum Gasteiger partial charge on any atom is 0.211 e. The Labute approximate surface area is 166 Å². The molecule has 28 heavy (non-hydrogen) atoms. The number of methoxy groups -OCH3 is 1. The minimum atomic E-state index is 0.0824. The Bertz CT molecular complexity index is 1180. The Hall–Kier alpha value is -2.58. The van der Waals surface area contributed by atoms with Gasteiger partial charge in [-0.3, -0.25) is 4.48 Å². The number of fused-ring (bicyclic) bond motifs is 8. The van der Waals surface area contributed by atoms with Crippen LogP contribution in [0, 0.1) is 0 Å². The fourth-order valence-corrected chi connectivity index (χ4v) is 8.16. The third-order valence-electron chi connectivity index (χ3n) is 8.85. The number of hydrogen-bond donors (Lipinski definition) is 0. The van der Waals surface area contributed by atoms with Crippen molar-refractivity contribution in [2.45, 2.75) is 42.9 Å². The van der Waals surface area contributed by atoms with Gasteiger partial charge in [0.1, 0.15) is 5.75 Å². The van der Waals surface area contributed by atoms with E-state index in [4.69, 9.17) is 4.74 Å². The maximum absolute atomic E-state index is 5.37. The molecule has 1 spiro atoms. The highest BCUT2D eigenvalue weighted by atomic mass is 16.5. The van der Waals surface area contributed by atoms with Gasteiger partial charge in [-0.2, -0.15) is 0 Å². The van der Waals surface area contributed by atoms with Gasteiger partial charge in [0, 0.05) is 35.6 Å². The Balaban J connectivity index is 1.46. The molecule has 7 rings (SSSR count). The van der Waals surface area contributed by atoms with Crippen LogP contribution in [0.15, 0.2) is 72.8 Å². The predicted octanol–water partition coefficient (Wildman–Crippen LogP) is 4.85. The van der Waals surface area contributed by atoms with Crippen molar-refractivity contribution in [2.75, 3.05) is 7.11 Å². The van der Waals surface area contributed by atoms with E-state index in [9.17, 15) is 0 Å². The van der Waals surface area contributed by atoms with Crippen LogP contribution in [0.5, 0.6) is 5.75 Å². The van der Waals surface area contributed by atoms with E-state index >= 15 is 0 Å². The van der Waals surface area contributed by atoms with E-state index in [-0.39, 0.29) is 16.6 Å². The van der Waals surface area contributed by atoms with E-state index in [0.717, 1.165) is 12.2 Å². The smallest absolute Gasteiger partial charge is 0.211 e. The molecule has 138 valence electrons. The van der Waals surface area contributed by atoms with Crippen molar-refractivity contribution in [1.29, 1.82) is 0 Å². The van der Waals surface area contributed by atoms with Crippen LogP contribution in [0.3, 0.4) is 0 Å². The zero-order valence-electron chi connectivity index (χ0n) is 16.6. The average Bonchev–Trinajstić information content (AvgIpc) is 3.54. The first kappa shape index (κ1) is 15.4. The van der Waals surface area contributed by atoms with Crippen molar-refractivity contribution in [2.24, 2.45) is 0 Å². The van der Waals surface area contributed by atoms with Gasteiger partial charge in [-0.05, 0) is 24.6 Å². The third kappa shape index (κ3) is 1.14. The number of ether oxygens (including phenoxy) is 1. The Morgan fingerprint density at radius 3 is 2.00 bits per heavy atom. The van der Waals surface area contributed by atoms with E-state index in [1.165, 1.54) is 10.0 Å². The predicted molar refractivity (Wildman–Crippen MR) is 109 cm³/mol. The molecule has 0 saturated carbocycles. The molecule has 2 nitrogen and oxygen atoms in total. The van der Waals surface area contributed by atoms with Crippen molar-refractivity contribution in [1.82, 2.24) is 0 Å². The Morgan fingerprint density at radius 2 is 1.36 bits per heavy atom. The van der Waals surface area contributed by atoms with E-state index < -0.39 is 0 Å². The molecule has 0 bridgehead atoms. The van der Waals surface area contributed by atoms with Gasteiger partial charge < -0.3 is 4.74 Å². The number of hydrogen-bond acceptors (Lipinski definition) is 1. The summed E-state index contributed by atoms with van der Waals surface area (Å²) in [4.78, 5) is 0. The maximum atomic E-state index is 5.37. The first-order chi connectivity index (χ1) is 13.6. The second-order valence-electron chi connectivity index (χ2n) is 9.39. The summed E-state index contributed by atoms with van der Waals surface area (Å²) in [5, 5.41) is 0. The van der Waals surface area contributed by atoms with Crippen LogP contribution < -0.4 is 4.74 Å². The molecular weight excluding hydrogens is 342 g/mol. The van der Waals surface area contributed by atoms with Crippen molar-refractivity contribution >= 4 is 0 Å². The van der Waals surface area contributed by atoms with Gasteiger partial charge in [0.05, 0.1) is 7.11 Å². The number of quaternary nitrogens is 1. The van der Waals surface area contributed by atoms with Gasteiger partial charge in [-0.15, -0.1) is 0 Å². The van der Waals surface area contributed by atoms with Gasteiger partial charge in [0.2, 0.25) is 6.04 Å². The van der Waals surface area contributed by atoms with Gasteiger partial charge in [0.25, 0.3) is 0 Å². The summed E-state index contributed by atoms with van der Waals surface area (Å²) in [5.74, 6) is 0.935. The molecule has 2 saturated heterocycles. The lowest BCUT2D eigenvalue weighted by Crippen LogP contribution is -2.45. The first-order valence-electron chi connectivity index (χ1n) is 10.3. The largest absolute Gasteiger partial charge is 0.497 e. The lowest BCUT2D eigenvalue weighted by molar-refractivity contribution is -0.832. The molecule has 0 N–H and O–H groups in total. The third-order valence-corrected chi connectivity index (χ3v) is 8.85. The second kappa shape index (κ2) is 4.21. The van der Waals surface area contributed by atoms with Crippen LogP contribution in [0.2, 0.25) is 0 Å². The minimum Gasteiger partial charge on any atom is -0.497 e. The monoisotopic (exact) mass is 366 g/mol. The molecule has 3 aromatic rings. The fraction of sp³-hybridized carbons (Fsp3) is 0.308. The van der Waals surface area contributed by atoms with E-state index in [0.29, 0.717) is 6.04 Å². The number of benzene rings is 3. The van der Waals surface area contributed by atoms with Gasteiger partial charge >= 0.3 is 0 Å². The average molecular weight is 366 g/mol. The molecule has 3 aromatic carbocycles. The summed E-state index contributed by atoms with van der Waals surface area (Å²) >= 11 is 0. The molecular formula is C26H24NO+. The van der Waals surface area contributed by atoms with Crippen LogP contribution in [-0.2, 0) is 23.0 Å². The highest BCUT2D eigenvalue weighted by Crippen LogP contribution is 2.97. The zero-order valence-corrected chi connectivity index (χ0v) is 16.6. The molecule has 5 atom stereocenters. The van der Waals surface area contributed by atoms with E-state index in [2.05, 4.69) is 86.6 Å². The summed E-state index contributed by atoms with van der Waals surface area (Å²) in [6, 6.07) is 27.9. The summed E-state index contributed by atoms with van der Waals surface area (Å²) in [7, 11) is 1.74. The minimum absolute atomic E-state index is 0.0824. The van der Waals surface area contributed by atoms with Gasteiger partial charge in [0.15, 0.2) is 16.6 Å². The van der Waals surface area contributed by atoms with Gasteiger partial charge in [-0.25, -0.2) is 0 Å². The van der Waals surface area contributed by atoms with Crippen LogP contribution in [0.4, 0.5) is 0 Å². The van der Waals surface area contributed by atoms with Crippen LogP contribution in [-0.4, -0.2) is 17.6 Å². The molecule has 0 radical (unpaired) electrons. The quantitative estimate of drug-likeness (QED) is 0.475. The summed E-state index contributed by atoms with van der Waals surface area (Å²) in [6.45, 7) is 5.03. The van der Waals surface area contributed by atoms with Gasteiger partial charge in [-0.1, -0.05) is 60.7 Å². The molecule has 4 aliphatic heterocycles. The normalized spacial score (nSPS) is 39.6. The SMILES string of the molecule is COc1ccc(C[C@@]23c4ccccc4C4(C)c5ccccc5[C@@]5(C)C2[N+]453)cc1. The molecule has 2 fully saturated rings. The van der Waals surface area contributed by atoms with E-state index in [1.54, 1.807) is 29.4 Å². The molecule has 0 aliphatic carbocycles. The zero-order chi connectivity index (χ0) is 18.9. The highest BCUT2D eigenvalue weighted by molar-refractivity contribution is 5.67. The summed E-state index contributed by atoms with van der Waals surface area (Å²) in [6.07, 6.45) is 1.11. The lowest BCUT2D eigenvalue weighted by Gasteiger charge is -2.31. The first-order valence-corrected chi connectivity index (χ1v) is 10.3. The molecule has 0 aromatic heterocycles. The van der Waals surface area contributed by atoms with Crippen LogP contribution in [0.25, 0.3) is 0 Å². The van der Waals surface area contributed by atoms with E-state index in [1.807, 2.05) is 0 Å². The molecule has 0 amide bonds. The number of rotatable bonds is 3. The van der Waals surface area contributed by atoms with Crippen molar-refractivity contribution in [3.63, 3.8) is 0 Å². The van der Waals surface area contributed by atoms with Crippen LogP contribution in [0.1, 0.15) is 41.7 Å². The molecule has 4 aliphatic rings. The topological polar surface area (TPSA) is 9.23 Å². The molecule has 4 heterocycles. The summed E-state index contributed by atoms with van der Waals surface area (Å²) in [5.41, 5.74) is 8.28. The number of nitrogens with zero attached hydrogens (tertiary/aromatic N) is 1. The van der Waals surface area contributed by atoms with Crippen molar-refractivity contribution < 1.29 is 9.22 Å². The molecule has 2 heteroatoms. The lowest BCUT2D eigenvalue weighted by atomic mass is 9.72. The Morgan fingerprint density at radius 1 is 0.786 bits per heavy atom. The van der Waals surface area contributed by atoms with Crippen molar-refractivity contribution in [3.8, 4) is 5.75 Å². The van der Waals surface area contributed by atoms with Crippen molar-refractivity contribution in [3.05, 3.63) is 101 Å².